The van der Waals surface area contributed by atoms with Gasteiger partial charge < -0.3 is 29.5 Å². The van der Waals surface area contributed by atoms with E-state index in [1.165, 1.54) is 6.33 Å². The molecule has 0 amide bonds. The van der Waals surface area contributed by atoms with Crippen molar-refractivity contribution in [1.29, 1.82) is 5.41 Å². The Morgan fingerprint density at radius 3 is 1.70 bits per heavy atom. The maximum atomic E-state index is 8.97. The molecule has 15 nitrogen and oxygen atoms in total. The minimum Gasteiger partial charge on any atom is -0.489 e. The molecule has 320 valence electrons. The number of ether oxygens (including phenoxy) is 2. The van der Waals surface area contributed by atoms with Crippen molar-refractivity contribution in [3.8, 4) is 22.9 Å². The van der Waals surface area contributed by atoms with Crippen molar-refractivity contribution >= 4 is 50.7 Å². The van der Waals surface area contributed by atoms with Crippen molar-refractivity contribution in [2.45, 2.75) is 19.6 Å². The Labute approximate surface area is 369 Å². The van der Waals surface area contributed by atoms with Gasteiger partial charge in [0.15, 0.2) is 0 Å². The molecule has 0 aliphatic rings. The Morgan fingerprint density at radius 1 is 0.641 bits per heavy atom. The van der Waals surface area contributed by atoms with Gasteiger partial charge in [-0.25, -0.2) is 19.9 Å². The molecule has 5 N–H and O–H groups in total. The van der Waals surface area contributed by atoms with E-state index >= 15 is 0 Å². The quantitative estimate of drug-likeness (QED) is 0.0372. The van der Waals surface area contributed by atoms with E-state index in [9.17, 15) is 0 Å². The zero-order valence-corrected chi connectivity index (χ0v) is 35.1. The molecule has 0 aliphatic carbocycles. The number of benzene rings is 6. The van der Waals surface area contributed by atoms with E-state index in [1.54, 1.807) is 24.5 Å². The average Bonchev–Trinajstić information content (AvgIpc) is 3.83. The summed E-state index contributed by atoms with van der Waals surface area (Å²) in [6, 6.07) is 46.6. The fourth-order valence-corrected chi connectivity index (χ4v) is 6.49. The predicted octanol–water partition coefficient (Wildman–Crippen LogP) is 9.36. The van der Waals surface area contributed by atoms with Crippen LogP contribution in [0.1, 0.15) is 22.6 Å². The number of hydrogen-bond acceptors (Lipinski definition) is 14. The minimum atomic E-state index is -0.0957. The van der Waals surface area contributed by atoms with Gasteiger partial charge in [0.2, 0.25) is 11.7 Å². The summed E-state index contributed by atoms with van der Waals surface area (Å²) in [7, 11) is 4.03. The second kappa shape index (κ2) is 20.5. The number of likely N-dealkylation sites (N-methyl/N-ethyl adjacent to an activating group) is 1. The SMILES string of the molecule is CN(C)CCc1nc(-c2ccc3ncnc(Nc4ccc(OCc5ccccc5)cc4)c3c2)no1.N=C(NO)c1ccc2ncnc(Nc3ccc(OCc4ccccc4)cc3)c2c1. The van der Waals surface area contributed by atoms with Crippen molar-refractivity contribution < 1.29 is 19.2 Å². The van der Waals surface area contributed by atoms with Crippen LogP contribution >= 0.6 is 0 Å². The van der Waals surface area contributed by atoms with Gasteiger partial charge in [0.1, 0.15) is 54.8 Å². The van der Waals surface area contributed by atoms with Gasteiger partial charge in [0, 0.05) is 46.2 Å². The lowest BCUT2D eigenvalue weighted by Crippen LogP contribution is -2.18. The maximum Gasteiger partial charge on any atom is 0.228 e. The van der Waals surface area contributed by atoms with Crippen LogP contribution in [0.3, 0.4) is 0 Å². The van der Waals surface area contributed by atoms with Gasteiger partial charge >= 0.3 is 0 Å². The van der Waals surface area contributed by atoms with Gasteiger partial charge in [-0.15, -0.1) is 0 Å². The number of hydrogen-bond donors (Lipinski definition) is 5. The third-order valence-corrected chi connectivity index (χ3v) is 9.90. The van der Waals surface area contributed by atoms with E-state index in [2.05, 4.69) is 45.6 Å². The molecule has 64 heavy (non-hydrogen) atoms. The average molecular weight is 852 g/mol. The summed E-state index contributed by atoms with van der Waals surface area (Å²) in [6.45, 7) is 1.88. The van der Waals surface area contributed by atoms with Crippen molar-refractivity contribution in [1.82, 2.24) is 40.5 Å². The monoisotopic (exact) mass is 851 g/mol. The molecular weight excluding hydrogens is 807 g/mol. The lowest BCUT2D eigenvalue weighted by molar-refractivity contribution is 0.234. The normalized spacial score (nSPS) is 10.9. The summed E-state index contributed by atoms with van der Waals surface area (Å²) in [5, 5.41) is 29.1. The molecule has 0 radical (unpaired) electrons. The Hall–Kier alpha value is -8.27. The first-order chi connectivity index (χ1) is 31.4. The van der Waals surface area contributed by atoms with Crippen LogP contribution < -0.4 is 25.6 Å². The molecule has 3 heterocycles. The summed E-state index contributed by atoms with van der Waals surface area (Å²) in [5.41, 5.74) is 8.77. The summed E-state index contributed by atoms with van der Waals surface area (Å²) in [5.74, 6) is 3.96. The smallest absolute Gasteiger partial charge is 0.228 e. The van der Waals surface area contributed by atoms with E-state index in [0.717, 1.165) is 67.9 Å². The number of anilines is 4. The second-order valence-electron chi connectivity index (χ2n) is 14.8. The summed E-state index contributed by atoms with van der Waals surface area (Å²) >= 11 is 0. The van der Waals surface area contributed by atoms with Crippen LogP contribution in [0.4, 0.5) is 23.0 Å². The first-order valence-corrected chi connectivity index (χ1v) is 20.4. The standard InChI is InChI=1S/C27H26N6O2.C22H19N5O2/c1-33(2)15-14-25-31-26(32-35-25)20-8-13-24-23(16-20)27(29-18-28-24)30-21-9-11-22(12-10-21)34-17-19-6-4-3-5-7-19;23-21(27-28)16-6-11-20-19(12-16)22(25-14-24-20)26-17-7-9-18(10-8-17)29-13-15-4-2-1-3-5-15/h3-13,16,18H,14-15,17H2,1-2H3,(H,28,29,30);1-12,14,28H,13H2,(H2,23,27)(H,24,25,26). The molecule has 15 heteroatoms. The summed E-state index contributed by atoms with van der Waals surface area (Å²) < 4.78 is 17.1. The molecular formula is C49H45N11O4. The highest BCUT2D eigenvalue weighted by Gasteiger charge is 2.13. The van der Waals surface area contributed by atoms with Crippen LogP contribution in [0, 0.1) is 5.41 Å². The Morgan fingerprint density at radius 2 is 1.17 bits per heavy atom. The van der Waals surface area contributed by atoms with Crippen molar-refractivity contribution in [2.75, 3.05) is 31.3 Å². The number of amidine groups is 1. The summed E-state index contributed by atoms with van der Waals surface area (Å²) in [4.78, 5) is 24.1. The highest BCUT2D eigenvalue weighted by atomic mass is 16.5. The number of nitrogens with zero attached hydrogens (tertiary/aromatic N) is 7. The van der Waals surface area contributed by atoms with E-state index in [1.807, 2.05) is 147 Å². The Balaban J connectivity index is 0.000000178. The molecule has 3 aromatic heterocycles. The first-order valence-electron chi connectivity index (χ1n) is 20.4. The van der Waals surface area contributed by atoms with Crippen LogP contribution in [0.15, 0.2) is 163 Å². The lowest BCUT2D eigenvalue weighted by Gasteiger charge is -2.11. The molecule has 0 saturated heterocycles. The molecule has 0 bridgehead atoms. The summed E-state index contributed by atoms with van der Waals surface area (Å²) in [6.07, 6.45) is 3.74. The number of fused-ring (bicyclic) bond motifs is 2. The van der Waals surface area contributed by atoms with E-state index in [4.69, 9.17) is 24.6 Å². The molecule has 9 aromatic rings. The molecule has 9 rings (SSSR count). The van der Waals surface area contributed by atoms with Gasteiger partial charge in [-0.2, -0.15) is 4.98 Å². The zero-order chi connectivity index (χ0) is 44.1. The Bertz CT molecular complexity index is 2930. The molecule has 0 fully saturated rings. The van der Waals surface area contributed by atoms with Crippen LogP contribution in [0.25, 0.3) is 33.2 Å². The predicted molar refractivity (Wildman–Crippen MR) is 247 cm³/mol. The first kappa shape index (κ1) is 42.4. The van der Waals surface area contributed by atoms with E-state index in [-0.39, 0.29) is 5.84 Å². The van der Waals surface area contributed by atoms with E-state index in [0.29, 0.717) is 48.5 Å². The molecule has 0 saturated carbocycles. The number of hydroxylamine groups is 1. The van der Waals surface area contributed by atoms with Gasteiger partial charge in [0.05, 0.1) is 11.0 Å². The van der Waals surface area contributed by atoms with E-state index < -0.39 is 0 Å². The minimum absolute atomic E-state index is 0.0957. The molecule has 0 spiro atoms. The molecule has 6 aromatic carbocycles. The molecule has 0 unspecified atom stereocenters. The number of rotatable bonds is 15. The number of aromatic nitrogens is 6. The van der Waals surface area contributed by atoms with Gasteiger partial charge in [-0.3, -0.25) is 16.1 Å². The largest absolute Gasteiger partial charge is 0.489 e. The third-order valence-electron chi connectivity index (χ3n) is 9.90. The van der Waals surface area contributed by atoms with Crippen LogP contribution in [0.5, 0.6) is 11.5 Å². The maximum absolute atomic E-state index is 8.97. The molecule has 0 aliphatic heterocycles. The van der Waals surface area contributed by atoms with Crippen LogP contribution in [-0.2, 0) is 19.6 Å². The van der Waals surface area contributed by atoms with Crippen LogP contribution in [-0.4, -0.2) is 66.7 Å². The van der Waals surface area contributed by atoms with Crippen molar-refractivity contribution in [3.63, 3.8) is 0 Å². The fraction of sp³-hybridized carbons (Fsp3) is 0.122. The fourth-order valence-electron chi connectivity index (χ4n) is 6.49. The number of nitrogens with one attached hydrogen (secondary N) is 4. The lowest BCUT2D eigenvalue weighted by atomic mass is 10.1. The van der Waals surface area contributed by atoms with Gasteiger partial charge in [0.25, 0.3) is 0 Å². The highest BCUT2D eigenvalue weighted by molar-refractivity contribution is 6.01. The molecule has 0 atom stereocenters. The van der Waals surface area contributed by atoms with Crippen molar-refractivity contribution in [2.24, 2.45) is 0 Å². The topological polar surface area (TPSA) is 192 Å². The zero-order valence-electron chi connectivity index (χ0n) is 35.1. The van der Waals surface area contributed by atoms with Crippen molar-refractivity contribution in [3.05, 3.63) is 181 Å². The Kier molecular flexibility index (Phi) is 13.6. The third kappa shape index (κ3) is 11.2. The highest BCUT2D eigenvalue weighted by Crippen LogP contribution is 2.29. The van der Waals surface area contributed by atoms with Crippen LogP contribution in [0.2, 0.25) is 0 Å². The second-order valence-corrected chi connectivity index (χ2v) is 14.8. The van der Waals surface area contributed by atoms with Gasteiger partial charge in [-0.05, 0) is 110 Å². The van der Waals surface area contributed by atoms with Gasteiger partial charge in [-0.1, -0.05) is 65.8 Å².